The van der Waals surface area contributed by atoms with Gasteiger partial charge < -0.3 is 0 Å². The molecule has 0 heterocycles. The minimum absolute atomic E-state index is 0.173. The van der Waals surface area contributed by atoms with Crippen LogP contribution in [-0.4, -0.2) is 13.1 Å². The summed E-state index contributed by atoms with van der Waals surface area (Å²) >= 11 is 3.43. The van der Waals surface area contributed by atoms with Crippen LogP contribution in [0.3, 0.4) is 0 Å². The number of fused-ring (bicyclic) bond motifs is 1. The van der Waals surface area contributed by atoms with E-state index in [0.29, 0.717) is 6.32 Å². The number of carbonyl (C=O) groups excluding carboxylic acids is 1. The maximum Gasteiger partial charge on any atom is 0.155 e. The second kappa shape index (κ2) is 4.83. The summed E-state index contributed by atoms with van der Waals surface area (Å²) in [6.45, 7) is 1.90. The number of hydrogen-bond donors (Lipinski definition) is 0. The number of halogens is 1. The van der Waals surface area contributed by atoms with Crippen molar-refractivity contribution in [3.63, 3.8) is 0 Å². The van der Waals surface area contributed by atoms with Crippen molar-refractivity contribution >= 4 is 39.8 Å². The minimum atomic E-state index is 0.173. The minimum Gasteiger partial charge on any atom is -0.295 e. The summed E-state index contributed by atoms with van der Waals surface area (Å²) in [4.78, 5) is 11.7. The summed E-state index contributed by atoms with van der Waals surface area (Å²) in [5, 5.41) is 2.25. The van der Waals surface area contributed by atoms with E-state index in [4.69, 9.17) is 0 Å². The molecule has 1 nitrogen and oxygen atoms in total. The Morgan fingerprint density at radius 2 is 1.88 bits per heavy atom. The van der Waals surface area contributed by atoms with Crippen LogP contribution in [0.4, 0.5) is 0 Å². The number of rotatable bonds is 3. The van der Waals surface area contributed by atoms with Gasteiger partial charge in [0.05, 0.1) is 0 Å². The second-order valence-electron chi connectivity index (χ2n) is 3.74. The smallest absolute Gasteiger partial charge is 0.155 e. The Hall–Kier alpha value is -1.09. The molecule has 0 aliphatic carbocycles. The molecule has 0 spiro atoms. The van der Waals surface area contributed by atoms with E-state index in [1.165, 1.54) is 0 Å². The zero-order valence-corrected chi connectivity index (χ0v) is 10.6. The van der Waals surface area contributed by atoms with E-state index in [1.54, 1.807) is 0 Å². The summed E-state index contributed by atoms with van der Waals surface area (Å²) in [7, 11) is 1.88. The van der Waals surface area contributed by atoms with Crippen LogP contribution in [0.25, 0.3) is 10.8 Å². The van der Waals surface area contributed by atoms with Gasteiger partial charge in [0.2, 0.25) is 0 Å². The van der Waals surface area contributed by atoms with Crippen LogP contribution >= 0.6 is 15.9 Å². The van der Waals surface area contributed by atoms with E-state index in [1.807, 2.05) is 44.4 Å². The van der Waals surface area contributed by atoms with Gasteiger partial charge in [0.15, 0.2) is 5.78 Å². The van der Waals surface area contributed by atoms with Crippen LogP contribution in [0.5, 0.6) is 0 Å². The lowest BCUT2D eigenvalue weighted by Gasteiger charge is -2.02. The average molecular weight is 274 g/mol. The van der Waals surface area contributed by atoms with E-state index in [0.717, 1.165) is 20.8 Å². The van der Waals surface area contributed by atoms with Crippen molar-refractivity contribution < 1.29 is 4.79 Å². The highest BCUT2D eigenvalue weighted by molar-refractivity contribution is 9.10. The van der Waals surface area contributed by atoms with Gasteiger partial charge in [-0.1, -0.05) is 41.0 Å². The van der Waals surface area contributed by atoms with Gasteiger partial charge in [-0.15, -0.1) is 0 Å². The van der Waals surface area contributed by atoms with Crippen molar-refractivity contribution in [3.05, 3.63) is 46.4 Å². The second-order valence-corrected chi connectivity index (χ2v) is 4.66. The van der Waals surface area contributed by atoms with E-state index in [9.17, 15) is 4.79 Å². The van der Waals surface area contributed by atoms with Crippen molar-refractivity contribution in [3.8, 4) is 0 Å². The normalized spacial score (nSPS) is 10.4. The Balaban J connectivity index is 2.44. The predicted molar refractivity (Wildman–Crippen MR) is 72.4 cm³/mol. The third kappa shape index (κ3) is 2.35. The number of ketones is 1. The Morgan fingerprint density at radius 1 is 1.19 bits per heavy atom. The van der Waals surface area contributed by atoms with Crippen molar-refractivity contribution in [2.75, 3.05) is 0 Å². The molecule has 0 saturated carbocycles. The Labute approximate surface area is 104 Å². The Kier molecular flexibility index (Phi) is 3.44. The molecule has 0 saturated heterocycles. The number of benzene rings is 2. The number of carbonyl (C=O) groups is 1. The van der Waals surface area contributed by atoms with E-state index >= 15 is 0 Å². The first-order valence-electron chi connectivity index (χ1n) is 5.21. The first-order valence-corrected chi connectivity index (χ1v) is 6.00. The molecule has 16 heavy (non-hydrogen) atoms. The summed E-state index contributed by atoms with van der Waals surface area (Å²) in [6, 6.07) is 11.9. The average Bonchev–Trinajstić information content (AvgIpc) is 2.28. The fourth-order valence-electron chi connectivity index (χ4n) is 1.69. The molecule has 1 radical (unpaired) electrons. The van der Waals surface area contributed by atoms with Gasteiger partial charge >= 0.3 is 0 Å². The number of hydrogen-bond acceptors (Lipinski definition) is 1. The summed E-state index contributed by atoms with van der Waals surface area (Å²) < 4.78 is 1.06. The summed E-state index contributed by atoms with van der Waals surface area (Å²) in [5.74, 6) is 0.173. The van der Waals surface area contributed by atoms with Gasteiger partial charge in [0.25, 0.3) is 0 Å². The van der Waals surface area contributed by atoms with Gasteiger partial charge in [0, 0.05) is 10.0 Å². The molecule has 2 aromatic carbocycles. The zero-order chi connectivity index (χ0) is 11.5. The van der Waals surface area contributed by atoms with Gasteiger partial charge in [-0.3, -0.25) is 4.79 Å². The van der Waals surface area contributed by atoms with E-state index in [-0.39, 0.29) is 5.78 Å². The molecular formula is C13H11BBrO. The first-order chi connectivity index (χ1) is 7.70. The van der Waals surface area contributed by atoms with Crippen LogP contribution in [0.1, 0.15) is 10.4 Å². The largest absolute Gasteiger partial charge is 0.295 e. The molecule has 3 heteroatoms. The van der Waals surface area contributed by atoms with Gasteiger partial charge in [-0.2, -0.15) is 0 Å². The molecule has 0 unspecified atom stereocenters. The predicted octanol–water partition coefficient (Wildman–Crippen LogP) is 3.96. The van der Waals surface area contributed by atoms with Gasteiger partial charge in [-0.05, 0) is 35.3 Å². The standard InChI is InChI=1S/C13H11BBrO/c1-14-8-13(16)11-3-2-10-7-12(15)5-4-9(10)6-11/h2-7H,8H2,1H3. The zero-order valence-electron chi connectivity index (χ0n) is 9.03. The SMILES string of the molecule is C[B]CC(=O)c1ccc2cc(Br)ccc2c1. The fourth-order valence-corrected chi connectivity index (χ4v) is 2.07. The highest BCUT2D eigenvalue weighted by Crippen LogP contribution is 2.21. The van der Waals surface area contributed by atoms with Crippen LogP contribution in [0.2, 0.25) is 13.1 Å². The van der Waals surface area contributed by atoms with Gasteiger partial charge in [-0.25, -0.2) is 0 Å². The number of Topliss-reactive ketones (excluding diaryl/α,β-unsaturated/α-hetero) is 1. The van der Waals surface area contributed by atoms with Crippen molar-refractivity contribution in [1.82, 2.24) is 0 Å². The van der Waals surface area contributed by atoms with E-state index < -0.39 is 0 Å². The third-order valence-corrected chi connectivity index (χ3v) is 3.01. The van der Waals surface area contributed by atoms with Crippen LogP contribution < -0.4 is 0 Å². The lowest BCUT2D eigenvalue weighted by Crippen LogP contribution is -2.00. The highest BCUT2D eigenvalue weighted by atomic mass is 79.9. The molecule has 0 N–H and O–H groups in total. The maximum absolute atomic E-state index is 11.7. The van der Waals surface area contributed by atoms with Crippen LogP contribution in [0, 0.1) is 0 Å². The van der Waals surface area contributed by atoms with Gasteiger partial charge in [0.1, 0.15) is 7.28 Å². The van der Waals surface area contributed by atoms with Crippen molar-refractivity contribution in [2.24, 2.45) is 0 Å². The molecule has 2 rings (SSSR count). The molecule has 0 aliphatic heterocycles. The van der Waals surface area contributed by atoms with Crippen molar-refractivity contribution in [2.45, 2.75) is 13.1 Å². The summed E-state index contributed by atoms with van der Waals surface area (Å²) in [6.07, 6.45) is 0.502. The molecule has 0 aliphatic rings. The summed E-state index contributed by atoms with van der Waals surface area (Å²) in [5.41, 5.74) is 0.785. The van der Waals surface area contributed by atoms with E-state index in [2.05, 4.69) is 22.0 Å². The molecular weight excluding hydrogens is 263 g/mol. The van der Waals surface area contributed by atoms with Crippen LogP contribution in [0.15, 0.2) is 40.9 Å². The third-order valence-electron chi connectivity index (χ3n) is 2.51. The molecule has 0 amide bonds. The lowest BCUT2D eigenvalue weighted by atomic mass is 9.75. The lowest BCUT2D eigenvalue weighted by molar-refractivity contribution is 0.101. The fraction of sp³-hybridized carbons (Fsp3) is 0.154. The Bertz CT molecular complexity index is 536. The molecule has 2 aromatic rings. The molecule has 0 fully saturated rings. The first kappa shape index (κ1) is 11.4. The highest BCUT2D eigenvalue weighted by Gasteiger charge is 2.05. The Morgan fingerprint density at radius 3 is 2.62 bits per heavy atom. The topological polar surface area (TPSA) is 17.1 Å². The maximum atomic E-state index is 11.7. The molecule has 0 bridgehead atoms. The molecule has 79 valence electrons. The quantitative estimate of drug-likeness (QED) is 0.611. The van der Waals surface area contributed by atoms with Crippen LogP contribution in [-0.2, 0) is 0 Å². The van der Waals surface area contributed by atoms with Crippen molar-refractivity contribution in [1.29, 1.82) is 0 Å². The molecule has 0 aromatic heterocycles. The monoisotopic (exact) mass is 273 g/mol. The molecule has 0 atom stereocenters.